The van der Waals surface area contributed by atoms with E-state index >= 15 is 0 Å². The molecule has 106 valence electrons. The van der Waals surface area contributed by atoms with Crippen molar-refractivity contribution in [2.24, 2.45) is 0 Å². The lowest BCUT2D eigenvalue weighted by Gasteiger charge is -2.07. The van der Waals surface area contributed by atoms with Crippen LogP contribution >= 0.6 is 22.9 Å². The minimum Gasteiger partial charge on any atom is -0.379 e. The van der Waals surface area contributed by atoms with Gasteiger partial charge in [0.2, 0.25) is 0 Å². The zero-order chi connectivity index (χ0) is 14.7. The molecule has 20 heavy (non-hydrogen) atoms. The van der Waals surface area contributed by atoms with Gasteiger partial charge in [0, 0.05) is 36.2 Å². The summed E-state index contributed by atoms with van der Waals surface area (Å²) in [5.41, 5.74) is 0.811. The van der Waals surface area contributed by atoms with Crippen LogP contribution in [0.2, 0.25) is 5.02 Å². The van der Waals surface area contributed by atoms with E-state index in [-0.39, 0.29) is 16.4 Å². The summed E-state index contributed by atoms with van der Waals surface area (Å²) in [5, 5.41) is 16.3. The van der Waals surface area contributed by atoms with Gasteiger partial charge in [-0.15, -0.1) is 11.3 Å². The van der Waals surface area contributed by atoms with Gasteiger partial charge in [-0.05, 0) is 6.92 Å². The maximum atomic E-state index is 13.4. The first-order valence-electron chi connectivity index (χ1n) is 5.75. The van der Waals surface area contributed by atoms with Crippen molar-refractivity contribution >= 4 is 34.3 Å². The number of hydrogen-bond acceptors (Lipinski definition) is 5. The van der Waals surface area contributed by atoms with Crippen LogP contribution in [0.5, 0.6) is 0 Å². The largest absolute Gasteiger partial charge is 0.379 e. The second kappa shape index (κ2) is 6.15. The third kappa shape index (κ3) is 3.43. The summed E-state index contributed by atoms with van der Waals surface area (Å²) in [6.45, 7) is 2.32. The van der Waals surface area contributed by atoms with Crippen molar-refractivity contribution in [3.63, 3.8) is 0 Å². The Balaban J connectivity index is 2.08. The lowest BCUT2D eigenvalue weighted by molar-refractivity contribution is -0.384. The number of halogens is 2. The molecule has 0 amide bonds. The number of nitro groups is 1. The molecule has 0 saturated carbocycles. The first kappa shape index (κ1) is 14.7. The van der Waals surface area contributed by atoms with Gasteiger partial charge in [-0.1, -0.05) is 11.6 Å². The van der Waals surface area contributed by atoms with Crippen LogP contribution in [0.4, 0.5) is 15.8 Å². The van der Waals surface area contributed by atoms with Gasteiger partial charge in [0.25, 0.3) is 5.69 Å². The minimum atomic E-state index is -0.690. The van der Waals surface area contributed by atoms with Gasteiger partial charge in [-0.25, -0.2) is 9.37 Å². The second-order valence-electron chi connectivity index (χ2n) is 4.10. The van der Waals surface area contributed by atoms with Crippen molar-refractivity contribution in [1.82, 2.24) is 4.98 Å². The topological polar surface area (TPSA) is 68.1 Å². The molecule has 2 rings (SSSR count). The van der Waals surface area contributed by atoms with Crippen LogP contribution < -0.4 is 5.32 Å². The van der Waals surface area contributed by atoms with Gasteiger partial charge in [0.1, 0.15) is 11.5 Å². The van der Waals surface area contributed by atoms with Crippen LogP contribution in [0.1, 0.15) is 10.7 Å². The number of benzene rings is 1. The first-order chi connectivity index (χ1) is 9.47. The lowest BCUT2D eigenvalue weighted by Crippen LogP contribution is -2.07. The molecule has 0 spiro atoms. The van der Waals surface area contributed by atoms with Gasteiger partial charge in [-0.2, -0.15) is 0 Å². The van der Waals surface area contributed by atoms with Gasteiger partial charge in [-0.3, -0.25) is 10.1 Å². The molecule has 8 heteroatoms. The molecule has 0 radical (unpaired) electrons. The smallest absolute Gasteiger partial charge is 0.294 e. The first-order valence-corrected chi connectivity index (χ1v) is 7.01. The molecule has 0 saturated heterocycles. The molecule has 1 N–H and O–H groups in total. The number of aromatic nitrogens is 1. The molecule has 1 aromatic carbocycles. The molecule has 1 heterocycles. The average molecular weight is 316 g/mol. The average Bonchev–Trinajstić information content (AvgIpc) is 2.79. The Morgan fingerprint density at radius 1 is 1.55 bits per heavy atom. The summed E-state index contributed by atoms with van der Waals surface area (Å²) in [6, 6.07) is 2.04. The van der Waals surface area contributed by atoms with Crippen molar-refractivity contribution in [1.29, 1.82) is 0 Å². The summed E-state index contributed by atoms with van der Waals surface area (Å²) >= 11 is 7.07. The van der Waals surface area contributed by atoms with E-state index < -0.39 is 10.7 Å². The quantitative estimate of drug-likeness (QED) is 0.673. The Kier molecular flexibility index (Phi) is 4.51. The van der Waals surface area contributed by atoms with Crippen LogP contribution in [0.25, 0.3) is 0 Å². The van der Waals surface area contributed by atoms with E-state index in [4.69, 9.17) is 11.6 Å². The number of nitro benzene ring substituents is 1. The van der Waals surface area contributed by atoms with E-state index in [0.717, 1.165) is 22.8 Å². The molecule has 0 bridgehead atoms. The van der Waals surface area contributed by atoms with E-state index in [2.05, 4.69) is 10.3 Å². The Bertz CT molecular complexity index is 648. The zero-order valence-corrected chi connectivity index (χ0v) is 12.1. The van der Waals surface area contributed by atoms with Crippen LogP contribution in [-0.4, -0.2) is 16.5 Å². The monoisotopic (exact) mass is 315 g/mol. The Labute approximate surface area is 123 Å². The molecule has 0 fully saturated rings. The molecular weight excluding hydrogens is 305 g/mol. The molecule has 5 nitrogen and oxygen atoms in total. The predicted molar refractivity (Wildman–Crippen MR) is 77.1 cm³/mol. The molecule has 0 atom stereocenters. The second-order valence-corrected chi connectivity index (χ2v) is 5.45. The van der Waals surface area contributed by atoms with Gasteiger partial charge in [0.15, 0.2) is 0 Å². The normalized spacial score (nSPS) is 10.6. The van der Waals surface area contributed by atoms with Crippen molar-refractivity contribution < 1.29 is 9.31 Å². The number of aryl methyl sites for hydroxylation is 1. The van der Waals surface area contributed by atoms with Crippen LogP contribution in [0.3, 0.4) is 0 Å². The number of rotatable bonds is 5. The fourth-order valence-electron chi connectivity index (χ4n) is 1.65. The van der Waals surface area contributed by atoms with Crippen LogP contribution in [-0.2, 0) is 6.42 Å². The Morgan fingerprint density at radius 3 is 2.90 bits per heavy atom. The maximum absolute atomic E-state index is 13.4. The van der Waals surface area contributed by atoms with E-state index in [0.29, 0.717) is 13.0 Å². The summed E-state index contributed by atoms with van der Waals surface area (Å²) in [4.78, 5) is 14.6. The fourth-order valence-corrected chi connectivity index (χ4v) is 2.58. The highest BCUT2D eigenvalue weighted by Crippen LogP contribution is 2.30. The zero-order valence-electron chi connectivity index (χ0n) is 10.5. The lowest BCUT2D eigenvalue weighted by atomic mass is 10.2. The summed E-state index contributed by atoms with van der Waals surface area (Å²) in [6.07, 6.45) is 0.611. The number of thiazole rings is 1. The van der Waals surface area contributed by atoms with E-state index in [9.17, 15) is 14.5 Å². The summed E-state index contributed by atoms with van der Waals surface area (Å²) in [7, 11) is 0. The molecule has 0 aliphatic heterocycles. The molecule has 0 unspecified atom stereocenters. The molecule has 2 aromatic rings. The maximum Gasteiger partial charge on any atom is 0.294 e. The van der Waals surface area contributed by atoms with Gasteiger partial charge >= 0.3 is 0 Å². The number of hydrogen-bond donors (Lipinski definition) is 1. The highest BCUT2D eigenvalue weighted by molar-refractivity contribution is 7.09. The highest BCUT2D eigenvalue weighted by Gasteiger charge is 2.17. The molecule has 0 aliphatic rings. The molecule has 0 aliphatic carbocycles. The van der Waals surface area contributed by atoms with E-state index in [1.165, 1.54) is 11.3 Å². The highest BCUT2D eigenvalue weighted by atomic mass is 35.5. The molecule has 1 aromatic heterocycles. The minimum absolute atomic E-state index is 0.116. The third-order valence-corrected chi connectivity index (χ3v) is 3.87. The van der Waals surface area contributed by atoms with Crippen LogP contribution in [0.15, 0.2) is 17.5 Å². The molecular formula is C12H11ClFN3O2S. The predicted octanol–water partition coefficient (Wildman–Crippen LogP) is 3.81. The van der Waals surface area contributed by atoms with E-state index in [1.54, 1.807) is 0 Å². The van der Waals surface area contributed by atoms with Gasteiger partial charge < -0.3 is 5.32 Å². The Hall–Kier alpha value is -1.73. The number of nitrogens with one attached hydrogen (secondary N) is 1. The Morgan fingerprint density at radius 2 is 2.30 bits per heavy atom. The standard InChI is InChI=1S/C12H11ClFN3O2S/c1-7-6-20-12(16-7)2-3-15-10-5-9(14)8(13)4-11(10)17(18)19/h4-6,15H,2-3H2,1H3. The third-order valence-electron chi connectivity index (χ3n) is 2.56. The van der Waals surface area contributed by atoms with Crippen LogP contribution in [0, 0.1) is 22.9 Å². The fraction of sp³-hybridized carbons (Fsp3) is 0.250. The van der Waals surface area contributed by atoms with Gasteiger partial charge in [0.05, 0.1) is 15.0 Å². The van der Waals surface area contributed by atoms with E-state index in [1.807, 2.05) is 12.3 Å². The van der Waals surface area contributed by atoms with Crippen molar-refractivity contribution in [2.45, 2.75) is 13.3 Å². The summed E-state index contributed by atoms with van der Waals surface area (Å²) in [5.74, 6) is -0.690. The summed E-state index contributed by atoms with van der Waals surface area (Å²) < 4.78 is 13.4. The van der Waals surface area contributed by atoms with Crippen molar-refractivity contribution in [3.05, 3.63) is 49.2 Å². The van der Waals surface area contributed by atoms with Crippen molar-refractivity contribution in [3.8, 4) is 0 Å². The SMILES string of the molecule is Cc1csc(CCNc2cc(F)c(Cl)cc2[N+](=O)[O-])n1. The number of anilines is 1. The number of nitrogens with zero attached hydrogens (tertiary/aromatic N) is 2. The van der Waals surface area contributed by atoms with Crippen molar-refractivity contribution in [2.75, 3.05) is 11.9 Å².